The average Bonchev–Trinajstić information content (AvgIpc) is 2.86. The first kappa shape index (κ1) is 15.1. The zero-order valence-corrected chi connectivity index (χ0v) is 13.6. The van der Waals surface area contributed by atoms with E-state index in [4.69, 9.17) is 9.97 Å². The average molecular weight is 323 g/mol. The molecule has 0 aliphatic carbocycles. The number of nitrogens with zero attached hydrogens (tertiary/aromatic N) is 3. The minimum absolute atomic E-state index is 0.116. The monoisotopic (exact) mass is 323 g/mol. The van der Waals surface area contributed by atoms with Gasteiger partial charge in [-0.3, -0.25) is 4.79 Å². The number of benzene rings is 1. The van der Waals surface area contributed by atoms with Crippen LogP contribution in [0.4, 0.5) is 5.82 Å². The molecule has 2 N–H and O–H groups in total. The number of rotatable bonds is 2. The van der Waals surface area contributed by atoms with Gasteiger partial charge in [-0.15, -0.1) is 0 Å². The third kappa shape index (κ3) is 2.97. The van der Waals surface area contributed by atoms with Crippen LogP contribution in [-0.2, 0) is 17.8 Å². The lowest BCUT2D eigenvalue weighted by molar-refractivity contribution is -0.120. The number of aromatic nitrogens is 2. The van der Waals surface area contributed by atoms with Gasteiger partial charge in [-0.05, 0) is 13.0 Å². The number of fused-ring (bicyclic) bond motifs is 1. The molecule has 6 heteroatoms. The fourth-order valence-corrected chi connectivity index (χ4v) is 3.30. The van der Waals surface area contributed by atoms with Crippen LogP contribution in [0.3, 0.4) is 0 Å². The standard InChI is InChI=1S/C18H21N5O/c24-16-7-10-23(11-9-20-16)18-14-6-8-19-12-15(14)21-17(22-18)13-4-2-1-3-5-13/h1-5,19H,6-12H2,(H,20,24). The fraction of sp³-hybridized carbons (Fsp3) is 0.389. The summed E-state index contributed by atoms with van der Waals surface area (Å²) in [5.41, 5.74) is 3.33. The Morgan fingerprint density at radius 1 is 1.00 bits per heavy atom. The summed E-state index contributed by atoms with van der Waals surface area (Å²) in [6.07, 6.45) is 1.44. The molecule has 1 aromatic carbocycles. The van der Waals surface area contributed by atoms with Crippen LogP contribution in [-0.4, -0.2) is 42.1 Å². The zero-order chi connectivity index (χ0) is 16.4. The van der Waals surface area contributed by atoms with Crippen LogP contribution in [0.5, 0.6) is 0 Å². The molecule has 0 unspecified atom stereocenters. The Kier molecular flexibility index (Phi) is 4.13. The van der Waals surface area contributed by atoms with Crippen molar-refractivity contribution in [3.8, 4) is 11.4 Å². The van der Waals surface area contributed by atoms with E-state index in [9.17, 15) is 4.79 Å². The van der Waals surface area contributed by atoms with Gasteiger partial charge in [0.2, 0.25) is 5.91 Å². The lowest BCUT2D eigenvalue weighted by Crippen LogP contribution is -2.33. The van der Waals surface area contributed by atoms with Gasteiger partial charge in [0.15, 0.2) is 5.82 Å². The van der Waals surface area contributed by atoms with E-state index in [1.807, 2.05) is 30.3 Å². The maximum atomic E-state index is 11.7. The lowest BCUT2D eigenvalue weighted by atomic mass is 10.1. The predicted octanol–water partition coefficient (Wildman–Crippen LogP) is 1.12. The van der Waals surface area contributed by atoms with E-state index in [2.05, 4.69) is 15.5 Å². The zero-order valence-electron chi connectivity index (χ0n) is 13.6. The molecule has 24 heavy (non-hydrogen) atoms. The molecular weight excluding hydrogens is 302 g/mol. The lowest BCUT2D eigenvalue weighted by Gasteiger charge is -2.27. The number of hydrogen-bond donors (Lipinski definition) is 2. The number of anilines is 1. The second-order valence-electron chi connectivity index (χ2n) is 6.18. The topological polar surface area (TPSA) is 70.2 Å². The second-order valence-corrected chi connectivity index (χ2v) is 6.18. The van der Waals surface area contributed by atoms with Crippen LogP contribution in [0.2, 0.25) is 0 Å². The molecule has 2 aliphatic heterocycles. The highest BCUT2D eigenvalue weighted by Gasteiger charge is 2.23. The summed E-state index contributed by atoms with van der Waals surface area (Å²) in [5.74, 6) is 1.87. The number of nitrogens with one attached hydrogen (secondary N) is 2. The molecule has 2 aromatic rings. The number of hydrogen-bond acceptors (Lipinski definition) is 5. The molecule has 6 nitrogen and oxygen atoms in total. The summed E-state index contributed by atoms with van der Waals surface area (Å²) in [7, 11) is 0. The maximum Gasteiger partial charge on any atom is 0.221 e. The van der Waals surface area contributed by atoms with Gasteiger partial charge in [-0.2, -0.15) is 0 Å². The molecule has 1 fully saturated rings. The van der Waals surface area contributed by atoms with Gasteiger partial charge in [0.25, 0.3) is 0 Å². The largest absolute Gasteiger partial charge is 0.354 e. The van der Waals surface area contributed by atoms with E-state index in [1.54, 1.807) is 0 Å². The van der Waals surface area contributed by atoms with Crippen LogP contribution in [0.1, 0.15) is 17.7 Å². The van der Waals surface area contributed by atoms with Crippen LogP contribution in [0.15, 0.2) is 30.3 Å². The van der Waals surface area contributed by atoms with Crippen molar-refractivity contribution < 1.29 is 4.79 Å². The summed E-state index contributed by atoms with van der Waals surface area (Å²) < 4.78 is 0. The van der Waals surface area contributed by atoms with Gasteiger partial charge in [-0.25, -0.2) is 9.97 Å². The normalized spacial score (nSPS) is 17.8. The highest BCUT2D eigenvalue weighted by molar-refractivity contribution is 5.77. The van der Waals surface area contributed by atoms with Gasteiger partial charge in [-0.1, -0.05) is 30.3 Å². The van der Waals surface area contributed by atoms with E-state index < -0.39 is 0 Å². The van der Waals surface area contributed by atoms with Crippen LogP contribution in [0.25, 0.3) is 11.4 Å². The summed E-state index contributed by atoms with van der Waals surface area (Å²) >= 11 is 0. The Balaban J connectivity index is 1.77. The van der Waals surface area contributed by atoms with Crippen molar-refractivity contribution in [1.82, 2.24) is 20.6 Å². The fourth-order valence-electron chi connectivity index (χ4n) is 3.30. The first-order chi connectivity index (χ1) is 11.8. The van der Waals surface area contributed by atoms with Crippen molar-refractivity contribution in [1.29, 1.82) is 0 Å². The van der Waals surface area contributed by atoms with Crippen LogP contribution in [0, 0.1) is 0 Å². The van der Waals surface area contributed by atoms with Crippen LogP contribution >= 0.6 is 0 Å². The molecule has 0 atom stereocenters. The quantitative estimate of drug-likeness (QED) is 0.866. The molecule has 1 saturated heterocycles. The Morgan fingerprint density at radius 3 is 2.75 bits per heavy atom. The highest BCUT2D eigenvalue weighted by Crippen LogP contribution is 2.27. The summed E-state index contributed by atoms with van der Waals surface area (Å²) in [6, 6.07) is 10.1. The maximum absolute atomic E-state index is 11.7. The summed E-state index contributed by atoms with van der Waals surface area (Å²) in [6.45, 7) is 3.87. The molecule has 1 aromatic heterocycles. The van der Waals surface area contributed by atoms with E-state index in [-0.39, 0.29) is 5.91 Å². The van der Waals surface area contributed by atoms with Gasteiger partial charge in [0.1, 0.15) is 5.82 Å². The van der Waals surface area contributed by atoms with Crippen molar-refractivity contribution in [2.75, 3.05) is 31.1 Å². The van der Waals surface area contributed by atoms with Gasteiger partial charge in [0, 0.05) is 43.7 Å². The Morgan fingerprint density at radius 2 is 1.88 bits per heavy atom. The summed E-state index contributed by atoms with van der Waals surface area (Å²) in [5, 5.41) is 6.33. The van der Waals surface area contributed by atoms with Crippen molar-refractivity contribution >= 4 is 11.7 Å². The predicted molar refractivity (Wildman–Crippen MR) is 92.7 cm³/mol. The Bertz CT molecular complexity index is 747. The highest BCUT2D eigenvalue weighted by atomic mass is 16.1. The van der Waals surface area contributed by atoms with Crippen molar-refractivity contribution in [3.05, 3.63) is 41.6 Å². The SMILES string of the molecule is O=C1CCN(c2nc(-c3ccccc3)nc3c2CCNC3)CCN1. The van der Waals surface area contributed by atoms with Gasteiger partial charge in [0.05, 0.1) is 5.69 Å². The van der Waals surface area contributed by atoms with Crippen LogP contribution < -0.4 is 15.5 Å². The second kappa shape index (κ2) is 6.57. The van der Waals surface area contributed by atoms with E-state index in [0.717, 1.165) is 49.0 Å². The van der Waals surface area contributed by atoms with Gasteiger partial charge < -0.3 is 15.5 Å². The van der Waals surface area contributed by atoms with Gasteiger partial charge >= 0.3 is 0 Å². The molecule has 3 heterocycles. The molecule has 1 amide bonds. The van der Waals surface area contributed by atoms with E-state index in [0.29, 0.717) is 19.5 Å². The van der Waals surface area contributed by atoms with Crippen molar-refractivity contribution in [2.45, 2.75) is 19.4 Å². The molecule has 0 spiro atoms. The number of carbonyl (C=O) groups is 1. The van der Waals surface area contributed by atoms with E-state index >= 15 is 0 Å². The number of amides is 1. The summed E-state index contributed by atoms with van der Waals surface area (Å²) in [4.78, 5) is 23.6. The molecule has 0 bridgehead atoms. The molecule has 4 rings (SSSR count). The van der Waals surface area contributed by atoms with Crippen molar-refractivity contribution in [3.63, 3.8) is 0 Å². The first-order valence-corrected chi connectivity index (χ1v) is 8.49. The third-order valence-corrected chi connectivity index (χ3v) is 4.56. The third-order valence-electron chi connectivity index (χ3n) is 4.56. The molecule has 0 saturated carbocycles. The first-order valence-electron chi connectivity index (χ1n) is 8.49. The van der Waals surface area contributed by atoms with E-state index in [1.165, 1.54) is 5.56 Å². The van der Waals surface area contributed by atoms with Crippen molar-refractivity contribution in [2.24, 2.45) is 0 Å². The molecule has 0 radical (unpaired) electrons. The molecule has 2 aliphatic rings. The number of carbonyl (C=O) groups excluding carboxylic acids is 1. The Hall–Kier alpha value is -2.47. The molecular formula is C18H21N5O. The molecule has 124 valence electrons. The minimum Gasteiger partial charge on any atom is -0.354 e. The minimum atomic E-state index is 0.116. The Labute approximate surface area is 141 Å². The smallest absolute Gasteiger partial charge is 0.221 e.